The number of aryl methyl sites for hydroxylation is 1. The summed E-state index contributed by atoms with van der Waals surface area (Å²) in [7, 11) is 0. The third kappa shape index (κ3) is 2.83. The van der Waals surface area contributed by atoms with E-state index in [-0.39, 0.29) is 12.1 Å². The topological polar surface area (TPSA) is 53.1 Å². The van der Waals surface area contributed by atoms with E-state index in [4.69, 9.17) is 10.5 Å². The van der Waals surface area contributed by atoms with Gasteiger partial charge in [-0.15, -0.1) is 0 Å². The zero-order valence-electron chi connectivity index (χ0n) is 10.7. The van der Waals surface area contributed by atoms with Crippen LogP contribution in [0.3, 0.4) is 0 Å². The molecule has 0 bridgehead atoms. The Balaban J connectivity index is 2.85. The van der Waals surface area contributed by atoms with Crippen LogP contribution >= 0.6 is 0 Å². The predicted octanol–water partition coefficient (Wildman–Crippen LogP) is 1.96. The quantitative estimate of drug-likeness (QED) is 0.805. The van der Waals surface area contributed by atoms with Crippen molar-refractivity contribution in [3.05, 3.63) is 18.2 Å². The van der Waals surface area contributed by atoms with Crippen LogP contribution < -0.4 is 5.73 Å². The van der Waals surface area contributed by atoms with Gasteiger partial charge in [0.1, 0.15) is 5.82 Å². The molecule has 0 aliphatic rings. The molecule has 16 heavy (non-hydrogen) atoms. The molecule has 1 rings (SSSR count). The molecule has 0 amide bonds. The summed E-state index contributed by atoms with van der Waals surface area (Å²) in [6, 6.07) is -0.158. The van der Waals surface area contributed by atoms with Gasteiger partial charge in [0.15, 0.2) is 0 Å². The number of nitrogens with zero attached hydrogens (tertiary/aromatic N) is 2. The smallest absolute Gasteiger partial charge is 0.128 e. The highest BCUT2D eigenvalue weighted by molar-refractivity contribution is 5.01. The second-order valence-corrected chi connectivity index (χ2v) is 4.26. The molecule has 4 nitrogen and oxygen atoms in total. The first-order chi connectivity index (χ1) is 7.61. The lowest BCUT2D eigenvalue weighted by molar-refractivity contribution is 0.00959. The summed E-state index contributed by atoms with van der Waals surface area (Å²) in [6.45, 7) is 9.90. The van der Waals surface area contributed by atoms with Crippen LogP contribution in [0.1, 0.15) is 39.6 Å². The Bertz CT molecular complexity index is 309. The van der Waals surface area contributed by atoms with Gasteiger partial charge in [0.05, 0.1) is 12.1 Å². The van der Waals surface area contributed by atoms with E-state index in [1.807, 2.05) is 13.1 Å². The van der Waals surface area contributed by atoms with Crippen molar-refractivity contribution in [2.24, 2.45) is 11.7 Å². The van der Waals surface area contributed by atoms with Crippen LogP contribution in [0.15, 0.2) is 12.4 Å². The molecule has 0 spiro atoms. The van der Waals surface area contributed by atoms with E-state index in [1.165, 1.54) is 0 Å². The van der Waals surface area contributed by atoms with Crippen LogP contribution in [0.4, 0.5) is 0 Å². The van der Waals surface area contributed by atoms with Crippen molar-refractivity contribution in [2.45, 2.75) is 46.4 Å². The van der Waals surface area contributed by atoms with Crippen molar-refractivity contribution in [1.82, 2.24) is 9.55 Å². The molecule has 1 heterocycles. The highest BCUT2D eigenvalue weighted by atomic mass is 16.5. The van der Waals surface area contributed by atoms with E-state index in [9.17, 15) is 0 Å². The minimum atomic E-state index is -0.158. The molecule has 0 saturated carbocycles. The third-order valence-corrected chi connectivity index (χ3v) is 2.76. The number of ether oxygens (including phenoxy) is 1. The molecule has 0 aliphatic carbocycles. The molecule has 0 aliphatic heterocycles. The number of hydrogen-bond donors (Lipinski definition) is 1. The Hall–Kier alpha value is -0.870. The molecule has 4 heteroatoms. The van der Waals surface area contributed by atoms with Gasteiger partial charge >= 0.3 is 0 Å². The maximum Gasteiger partial charge on any atom is 0.128 e. The van der Waals surface area contributed by atoms with E-state index in [0.717, 1.165) is 12.4 Å². The fourth-order valence-electron chi connectivity index (χ4n) is 1.94. The lowest BCUT2D eigenvalue weighted by Crippen LogP contribution is -2.35. The lowest BCUT2D eigenvalue weighted by Gasteiger charge is -2.27. The Labute approximate surface area is 97.8 Å². The number of nitrogens with two attached hydrogens (primary N) is 1. The average molecular weight is 225 g/mol. The lowest BCUT2D eigenvalue weighted by atomic mass is 9.99. The van der Waals surface area contributed by atoms with E-state index < -0.39 is 0 Å². The minimum absolute atomic E-state index is 0.0256. The van der Waals surface area contributed by atoms with E-state index >= 15 is 0 Å². The van der Waals surface area contributed by atoms with Crippen molar-refractivity contribution in [1.29, 1.82) is 0 Å². The second-order valence-electron chi connectivity index (χ2n) is 4.26. The highest BCUT2D eigenvalue weighted by Gasteiger charge is 2.26. The van der Waals surface area contributed by atoms with Crippen LogP contribution in [-0.2, 0) is 11.3 Å². The molecule has 0 fully saturated rings. The molecule has 0 aromatic carbocycles. The molecule has 1 aromatic heterocycles. The zero-order valence-corrected chi connectivity index (χ0v) is 10.7. The number of hydrogen-bond acceptors (Lipinski definition) is 3. The molecule has 2 N–H and O–H groups in total. The first-order valence-corrected chi connectivity index (χ1v) is 6.00. The predicted molar refractivity (Wildman–Crippen MR) is 65.1 cm³/mol. The van der Waals surface area contributed by atoms with Crippen molar-refractivity contribution in [3.8, 4) is 0 Å². The van der Waals surface area contributed by atoms with Gasteiger partial charge in [-0.25, -0.2) is 4.98 Å². The first kappa shape index (κ1) is 13.2. The summed E-state index contributed by atoms with van der Waals surface area (Å²) in [5.74, 6) is 1.30. The van der Waals surface area contributed by atoms with Crippen LogP contribution in [0.5, 0.6) is 0 Å². The van der Waals surface area contributed by atoms with Crippen LogP contribution in [0.25, 0.3) is 0 Å². The van der Waals surface area contributed by atoms with E-state index in [0.29, 0.717) is 12.5 Å². The minimum Gasteiger partial charge on any atom is -0.376 e. The SMILES string of the molecule is CCOC(C(C)C)C(N)c1nccn1CC. The molecular weight excluding hydrogens is 202 g/mol. The summed E-state index contributed by atoms with van der Waals surface area (Å²) in [6.07, 6.45) is 3.78. The van der Waals surface area contributed by atoms with Gasteiger partial charge in [-0.1, -0.05) is 13.8 Å². The van der Waals surface area contributed by atoms with Gasteiger partial charge in [0.25, 0.3) is 0 Å². The average Bonchev–Trinajstić information content (AvgIpc) is 2.72. The third-order valence-electron chi connectivity index (χ3n) is 2.76. The summed E-state index contributed by atoms with van der Waals surface area (Å²) in [5.41, 5.74) is 6.24. The largest absolute Gasteiger partial charge is 0.376 e. The maximum atomic E-state index is 6.24. The first-order valence-electron chi connectivity index (χ1n) is 6.00. The van der Waals surface area contributed by atoms with Crippen molar-refractivity contribution >= 4 is 0 Å². The molecule has 2 atom stereocenters. The van der Waals surface area contributed by atoms with Crippen molar-refractivity contribution in [2.75, 3.05) is 6.61 Å². The Kier molecular flexibility index (Phi) is 4.96. The van der Waals surface area contributed by atoms with Gasteiger partial charge < -0.3 is 15.0 Å². The van der Waals surface area contributed by atoms with Crippen LogP contribution in [0, 0.1) is 5.92 Å². The number of imidazole rings is 1. The van der Waals surface area contributed by atoms with Crippen LogP contribution in [-0.4, -0.2) is 22.3 Å². The van der Waals surface area contributed by atoms with Gasteiger partial charge in [0, 0.05) is 25.5 Å². The summed E-state index contributed by atoms with van der Waals surface area (Å²) < 4.78 is 7.78. The van der Waals surface area contributed by atoms with E-state index in [1.54, 1.807) is 6.20 Å². The fourth-order valence-corrected chi connectivity index (χ4v) is 1.94. The van der Waals surface area contributed by atoms with Gasteiger partial charge in [-0.3, -0.25) is 0 Å². The fraction of sp³-hybridized carbons (Fsp3) is 0.750. The molecule has 92 valence electrons. The van der Waals surface area contributed by atoms with Gasteiger partial charge in [0.2, 0.25) is 0 Å². The monoisotopic (exact) mass is 225 g/mol. The Morgan fingerprint density at radius 1 is 1.44 bits per heavy atom. The standard InChI is InChI=1S/C12H23N3O/c1-5-15-8-7-14-12(15)10(13)11(9(3)4)16-6-2/h7-11H,5-6,13H2,1-4H3. The molecular formula is C12H23N3O. The Morgan fingerprint density at radius 3 is 2.62 bits per heavy atom. The summed E-state index contributed by atoms with van der Waals surface area (Å²) in [5, 5.41) is 0. The number of aromatic nitrogens is 2. The molecule has 0 saturated heterocycles. The summed E-state index contributed by atoms with van der Waals surface area (Å²) >= 11 is 0. The van der Waals surface area contributed by atoms with Gasteiger partial charge in [-0.2, -0.15) is 0 Å². The highest BCUT2D eigenvalue weighted by Crippen LogP contribution is 2.21. The summed E-state index contributed by atoms with van der Waals surface area (Å²) in [4.78, 5) is 4.33. The number of rotatable bonds is 6. The molecule has 0 radical (unpaired) electrons. The maximum absolute atomic E-state index is 6.24. The normalized spacial score (nSPS) is 15.4. The van der Waals surface area contributed by atoms with Gasteiger partial charge in [-0.05, 0) is 19.8 Å². The van der Waals surface area contributed by atoms with Crippen LogP contribution in [0.2, 0.25) is 0 Å². The van der Waals surface area contributed by atoms with Crippen molar-refractivity contribution in [3.63, 3.8) is 0 Å². The second kappa shape index (κ2) is 6.01. The van der Waals surface area contributed by atoms with Crippen molar-refractivity contribution < 1.29 is 4.74 Å². The van der Waals surface area contributed by atoms with E-state index in [2.05, 4.69) is 30.3 Å². The molecule has 1 aromatic rings. The zero-order chi connectivity index (χ0) is 12.1. The Morgan fingerprint density at radius 2 is 2.12 bits per heavy atom. The molecule has 2 unspecified atom stereocenters.